The zero-order valence-electron chi connectivity index (χ0n) is 24.6. The summed E-state index contributed by atoms with van der Waals surface area (Å²) in [6, 6.07) is 7.02. The number of piperidine rings is 1. The van der Waals surface area contributed by atoms with E-state index < -0.39 is 46.6 Å². The molecule has 3 N–H and O–H groups in total. The van der Waals surface area contributed by atoms with Gasteiger partial charge in [0.1, 0.15) is 17.3 Å². The topological polar surface area (TPSA) is 162 Å². The van der Waals surface area contributed by atoms with Crippen LogP contribution < -0.4 is 20.9 Å². The molecular weight excluding hydrogens is 605 g/mol. The molecule has 4 amide bonds. The number of nitriles is 1. The lowest BCUT2D eigenvalue weighted by molar-refractivity contribution is -0.138. The molecule has 0 spiro atoms. The summed E-state index contributed by atoms with van der Waals surface area (Å²) >= 11 is 0. The molecular formula is C31H27F3N8O4. The van der Waals surface area contributed by atoms with E-state index in [1.54, 1.807) is 32.2 Å². The molecule has 0 radical (unpaired) electrons. The predicted molar refractivity (Wildman–Crippen MR) is 157 cm³/mol. The zero-order chi connectivity index (χ0) is 33.2. The van der Waals surface area contributed by atoms with Crippen LogP contribution >= 0.6 is 0 Å². The van der Waals surface area contributed by atoms with Gasteiger partial charge in [0.2, 0.25) is 11.8 Å². The summed E-state index contributed by atoms with van der Waals surface area (Å²) < 4.78 is 41.4. The van der Waals surface area contributed by atoms with Crippen LogP contribution in [-0.2, 0) is 26.1 Å². The molecule has 3 aromatic rings. The average molecular weight is 633 g/mol. The number of anilines is 2. The Balaban J connectivity index is 1.17. The Bertz CT molecular complexity index is 1830. The number of rotatable bonds is 6. The van der Waals surface area contributed by atoms with Crippen molar-refractivity contribution in [2.45, 2.75) is 44.4 Å². The molecule has 2 aliphatic rings. The number of alkyl halides is 3. The van der Waals surface area contributed by atoms with Crippen molar-refractivity contribution >= 4 is 35.0 Å². The zero-order valence-corrected chi connectivity index (χ0v) is 24.6. The Morgan fingerprint density at radius 3 is 2.59 bits per heavy atom. The van der Waals surface area contributed by atoms with Crippen LogP contribution in [-0.4, -0.2) is 57.5 Å². The number of nitrogens with one attached hydrogen (secondary N) is 3. The number of hydrogen-bond donors (Lipinski definition) is 3. The molecule has 4 heterocycles. The highest BCUT2D eigenvalue weighted by atomic mass is 19.4. The second kappa shape index (κ2) is 12.4. The van der Waals surface area contributed by atoms with Crippen LogP contribution in [0.2, 0.25) is 0 Å². The molecule has 1 unspecified atom stereocenters. The highest BCUT2D eigenvalue weighted by Gasteiger charge is 2.35. The number of amides is 4. The predicted octanol–water partition coefficient (Wildman–Crippen LogP) is 2.57. The maximum Gasteiger partial charge on any atom is 0.417 e. The fourth-order valence-electron chi connectivity index (χ4n) is 4.80. The Hall–Kier alpha value is -5.70. The Morgan fingerprint density at radius 1 is 1.13 bits per heavy atom. The second-order valence-corrected chi connectivity index (χ2v) is 11.3. The molecule has 5 rings (SSSR count). The molecule has 12 nitrogen and oxygen atoms in total. The van der Waals surface area contributed by atoms with Crippen molar-refractivity contribution in [2.24, 2.45) is 5.92 Å². The summed E-state index contributed by atoms with van der Waals surface area (Å²) in [5, 5.41) is 20.5. The monoisotopic (exact) mass is 632 g/mol. The van der Waals surface area contributed by atoms with Crippen LogP contribution in [0.3, 0.4) is 0 Å². The third-order valence-electron chi connectivity index (χ3n) is 7.60. The molecule has 2 saturated heterocycles. The van der Waals surface area contributed by atoms with Crippen LogP contribution in [0.15, 0.2) is 48.9 Å². The largest absolute Gasteiger partial charge is 0.417 e. The molecule has 2 fully saturated rings. The van der Waals surface area contributed by atoms with Gasteiger partial charge in [-0.05, 0) is 50.6 Å². The van der Waals surface area contributed by atoms with Crippen LogP contribution in [0.25, 0.3) is 0 Å². The molecule has 236 valence electrons. The van der Waals surface area contributed by atoms with Crippen LogP contribution in [0, 0.1) is 29.1 Å². The lowest BCUT2D eigenvalue weighted by atomic mass is 9.99. The van der Waals surface area contributed by atoms with Crippen molar-refractivity contribution in [1.82, 2.24) is 25.4 Å². The van der Waals surface area contributed by atoms with Crippen molar-refractivity contribution in [1.29, 1.82) is 5.26 Å². The first-order valence-corrected chi connectivity index (χ1v) is 14.1. The molecule has 46 heavy (non-hydrogen) atoms. The van der Waals surface area contributed by atoms with Crippen molar-refractivity contribution in [3.63, 3.8) is 0 Å². The molecule has 15 heteroatoms. The number of nitrogens with zero attached hydrogens (tertiary/aromatic N) is 5. The number of halogens is 3. The van der Waals surface area contributed by atoms with Crippen molar-refractivity contribution in [2.75, 3.05) is 23.3 Å². The highest BCUT2D eigenvalue weighted by molar-refractivity contribution is 6.03. The van der Waals surface area contributed by atoms with Gasteiger partial charge in [0, 0.05) is 43.3 Å². The first-order chi connectivity index (χ1) is 21.7. The van der Waals surface area contributed by atoms with Gasteiger partial charge in [0.15, 0.2) is 0 Å². The summed E-state index contributed by atoms with van der Waals surface area (Å²) in [5.41, 5.74) is -1.66. The van der Waals surface area contributed by atoms with Gasteiger partial charge in [-0.2, -0.15) is 23.5 Å². The lowest BCUT2D eigenvalue weighted by Gasteiger charge is -2.38. The first-order valence-electron chi connectivity index (χ1n) is 14.1. The summed E-state index contributed by atoms with van der Waals surface area (Å²) in [6.45, 7) is 4.27. The maximum absolute atomic E-state index is 13.3. The number of benzene rings is 1. The van der Waals surface area contributed by atoms with Crippen molar-refractivity contribution in [3.05, 3.63) is 71.3 Å². The quantitative estimate of drug-likeness (QED) is 0.276. The Kier molecular flexibility index (Phi) is 8.52. The van der Waals surface area contributed by atoms with E-state index in [9.17, 15) is 32.3 Å². The number of aromatic nitrogens is 3. The van der Waals surface area contributed by atoms with Gasteiger partial charge in [0.05, 0.1) is 34.9 Å². The SMILES string of the molecule is CC(C)(C(=O)Nc1ccc(C#N)c(C(F)(F)F)c1)n1cc(C#CC2CN(c3ccnc(C(=O)NC4CCC(=O)NC4=O)c3)C2)cn1. The highest BCUT2D eigenvalue weighted by Crippen LogP contribution is 2.34. The first kappa shape index (κ1) is 31.7. The minimum absolute atomic E-state index is 0.00721. The minimum atomic E-state index is -4.76. The molecule has 0 bridgehead atoms. The molecule has 2 aromatic heterocycles. The summed E-state index contributed by atoms with van der Waals surface area (Å²) in [7, 11) is 0. The van der Waals surface area contributed by atoms with Gasteiger partial charge < -0.3 is 15.5 Å². The molecule has 1 atom stereocenters. The summed E-state index contributed by atoms with van der Waals surface area (Å²) in [6.07, 6.45) is 0.152. The molecule has 0 saturated carbocycles. The standard InChI is InChI=1S/C31H27F3N8O4/c1-30(2,29(46)38-21-6-5-20(13-35)23(11-21)31(32,33)34)42-17-18(14-37-42)3-4-19-15-41(16-19)22-9-10-36-25(12-22)28(45)39-24-7-8-26(43)40-27(24)44/h5-6,9-12,14,17,19,24H,7-8,15-16H2,1-2H3,(H,38,46)(H,39,45)(H,40,43,44). The van der Waals surface area contributed by atoms with E-state index in [2.05, 4.69) is 37.9 Å². The second-order valence-electron chi connectivity index (χ2n) is 11.3. The third-order valence-corrected chi connectivity index (χ3v) is 7.60. The normalized spacial score (nSPS) is 16.8. The number of pyridine rings is 1. The van der Waals surface area contributed by atoms with Crippen LogP contribution in [0.5, 0.6) is 0 Å². The number of carbonyl (C=O) groups excluding carboxylic acids is 4. The van der Waals surface area contributed by atoms with E-state index in [0.29, 0.717) is 18.7 Å². The maximum atomic E-state index is 13.3. The summed E-state index contributed by atoms with van der Waals surface area (Å²) in [5.74, 6) is 4.13. The number of imide groups is 1. The van der Waals surface area contributed by atoms with Crippen molar-refractivity contribution < 1.29 is 32.3 Å². The van der Waals surface area contributed by atoms with E-state index in [0.717, 1.165) is 17.8 Å². The lowest BCUT2D eigenvalue weighted by Crippen LogP contribution is -2.52. The van der Waals surface area contributed by atoms with Gasteiger partial charge in [-0.15, -0.1) is 0 Å². The van der Waals surface area contributed by atoms with E-state index in [1.165, 1.54) is 29.2 Å². The third kappa shape index (κ3) is 6.83. The minimum Gasteiger partial charge on any atom is -0.369 e. The smallest absolute Gasteiger partial charge is 0.369 e. The Morgan fingerprint density at radius 2 is 1.89 bits per heavy atom. The molecule has 1 aromatic carbocycles. The summed E-state index contributed by atoms with van der Waals surface area (Å²) in [4.78, 5) is 55.1. The van der Waals surface area contributed by atoms with Gasteiger partial charge in [-0.3, -0.25) is 34.2 Å². The fraction of sp³-hybridized carbons (Fsp3) is 0.323. The van der Waals surface area contributed by atoms with Crippen LogP contribution in [0.4, 0.5) is 24.5 Å². The van der Waals surface area contributed by atoms with E-state index in [4.69, 9.17) is 5.26 Å². The molecule has 0 aliphatic carbocycles. The van der Waals surface area contributed by atoms with Crippen LogP contribution in [0.1, 0.15) is 53.9 Å². The van der Waals surface area contributed by atoms with Crippen molar-refractivity contribution in [3.8, 4) is 17.9 Å². The van der Waals surface area contributed by atoms with Gasteiger partial charge in [0.25, 0.3) is 11.8 Å². The number of carbonyl (C=O) groups is 4. The molecule has 2 aliphatic heterocycles. The Labute approximate surface area is 261 Å². The van der Waals surface area contributed by atoms with E-state index in [1.807, 2.05) is 4.90 Å². The van der Waals surface area contributed by atoms with Gasteiger partial charge in [-0.1, -0.05) is 11.8 Å². The average Bonchev–Trinajstić information content (AvgIpc) is 3.47. The van der Waals surface area contributed by atoms with E-state index in [-0.39, 0.29) is 36.0 Å². The fourth-order valence-corrected chi connectivity index (χ4v) is 4.80. The number of hydrogen-bond acceptors (Lipinski definition) is 8. The van der Waals surface area contributed by atoms with Gasteiger partial charge >= 0.3 is 6.18 Å². The van der Waals surface area contributed by atoms with E-state index >= 15 is 0 Å². The van der Waals surface area contributed by atoms with Gasteiger partial charge in [-0.25, -0.2) is 0 Å².